The molecule has 4 nitrogen and oxygen atoms in total. The van der Waals surface area contributed by atoms with Gasteiger partial charge in [0.2, 0.25) is 5.91 Å². The van der Waals surface area contributed by atoms with Crippen molar-refractivity contribution in [3.63, 3.8) is 0 Å². The van der Waals surface area contributed by atoms with E-state index in [-0.39, 0.29) is 11.2 Å². The maximum Gasteiger partial charge on any atom is 0.237 e. The second-order valence-corrected chi connectivity index (χ2v) is 7.15. The highest BCUT2D eigenvalue weighted by Gasteiger charge is 2.14. The van der Waals surface area contributed by atoms with Crippen LogP contribution in [0.5, 0.6) is 5.75 Å². The van der Waals surface area contributed by atoms with Crippen LogP contribution in [-0.4, -0.2) is 11.2 Å². The van der Waals surface area contributed by atoms with Crippen LogP contribution in [0.15, 0.2) is 77.4 Å². The van der Waals surface area contributed by atoms with Crippen molar-refractivity contribution in [1.82, 2.24) is 0 Å². The van der Waals surface area contributed by atoms with Crippen molar-refractivity contribution in [3.8, 4) is 5.75 Å². The minimum absolute atomic E-state index is 0.0282. The van der Waals surface area contributed by atoms with Crippen molar-refractivity contribution in [2.75, 3.05) is 5.32 Å². The number of nitrogens with one attached hydrogen (secondary N) is 1. The molecule has 0 radical (unpaired) electrons. The van der Waals surface area contributed by atoms with E-state index in [4.69, 9.17) is 9.15 Å². The molecule has 5 heteroatoms. The second kappa shape index (κ2) is 9.15. The van der Waals surface area contributed by atoms with Crippen LogP contribution in [0.2, 0.25) is 0 Å². The number of thioether (sulfide) groups is 1. The van der Waals surface area contributed by atoms with Gasteiger partial charge in [0.05, 0.1) is 17.3 Å². The van der Waals surface area contributed by atoms with E-state index < -0.39 is 0 Å². The zero-order valence-corrected chi connectivity index (χ0v) is 15.4. The zero-order valence-electron chi connectivity index (χ0n) is 14.6. The molecule has 26 heavy (non-hydrogen) atoms. The molecule has 1 aromatic heterocycles. The highest BCUT2D eigenvalue weighted by molar-refractivity contribution is 7.99. The minimum atomic E-state index is -0.172. The quantitative estimate of drug-likeness (QED) is 0.600. The SMILES string of the molecule is CC(SCc1ccco1)C(=O)Nc1ccc(OCc2ccccc2)cc1. The summed E-state index contributed by atoms with van der Waals surface area (Å²) in [5.41, 5.74) is 1.87. The highest BCUT2D eigenvalue weighted by atomic mass is 32.2. The maximum atomic E-state index is 12.3. The molecule has 0 saturated carbocycles. The summed E-state index contributed by atoms with van der Waals surface area (Å²) in [6.07, 6.45) is 1.64. The molecule has 3 rings (SSSR count). The minimum Gasteiger partial charge on any atom is -0.489 e. The maximum absolute atomic E-state index is 12.3. The van der Waals surface area contributed by atoms with Gasteiger partial charge in [-0.1, -0.05) is 30.3 Å². The summed E-state index contributed by atoms with van der Waals surface area (Å²) in [7, 11) is 0. The summed E-state index contributed by atoms with van der Waals surface area (Å²) in [5, 5.41) is 2.75. The molecule has 0 spiro atoms. The molecule has 1 atom stereocenters. The van der Waals surface area contributed by atoms with Crippen LogP contribution >= 0.6 is 11.8 Å². The number of hydrogen-bond donors (Lipinski definition) is 1. The van der Waals surface area contributed by atoms with Crippen molar-refractivity contribution < 1.29 is 13.9 Å². The van der Waals surface area contributed by atoms with Gasteiger partial charge in [0.25, 0.3) is 0 Å². The van der Waals surface area contributed by atoms with E-state index in [9.17, 15) is 4.79 Å². The summed E-state index contributed by atoms with van der Waals surface area (Å²) in [6, 6.07) is 21.2. The van der Waals surface area contributed by atoms with Gasteiger partial charge in [-0.15, -0.1) is 11.8 Å². The molecule has 0 aliphatic rings. The average molecular weight is 367 g/mol. The fourth-order valence-electron chi connectivity index (χ4n) is 2.30. The predicted octanol–water partition coefficient (Wildman–Crippen LogP) is 5.12. The summed E-state index contributed by atoms with van der Waals surface area (Å²) >= 11 is 1.54. The summed E-state index contributed by atoms with van der Waals surface area (Å²) < 4.78 is 11.0. The van der Waals surface area contributed by atoms with Gasteiger partial charge < -0.3 is 14.5 Å². The molecule has 2 aromatic carbocycles. The number of carbonyl (C=O) groups is 1. The van der Waals surface area contributed by atoms with Crippen LogP contribution in [-0.2, 0) is 17.2 Å². The number of amides is 1. The lowest BCUT2D eigenvalue weighted by Crippen LogP contribution is -2.22. The van der Waals surface area contributed by atoms with E-state index in [2.05, 4.69) is 5.32 Å². The number of rotatable bonds is 8. The molecule has 1 heterocycles. The lowest BCUT2D eigenvalue weighted by Gasteiger charge is -2.12. The average Bonchev–Trinajstić information content (AvgIpc) is 3.20. The molecular weight excluding hydrogens is 346 g/mol. The fourth-order valence-corrected chi connectivity index (χ4v) is 3.09. The van der Waals surface area contributed by atoms with Gasteiger partial charge >= 0.3 is 0 Å². The first kappa shape index (κ1) is 18.1. The third kappa shape index (κ3) is 5.43. The normalized spacial score (nSPS) is 11.7. The van der Waals surface area contributed by atoms with Gasteiger partial charge in [-0.05, 0) is 48.9 Å². The van der Waals surface area contributed by atoms with E-state index in [1.807, 2.05) is 73.7 Å². The lowest BCUT2D eigenvalue weighted by atomic mass is 10.2. The predicted molar refractivity (Wildman–Crippen MR) is 105 cm³/mol. The van der Waals surface area contributed by atoms with Crippen molar-refractivity contribution in [2.24, 2.45) is 0 Å². The fraction of sp³-hybridized carbons (Fsp3) is 0.190. The third-order valence-corrected chi connectivity index (χ3v) is 4.96. The van der Waals surface area contributed by atoms with Crippen LogP contribution in [0.25, 0.3) is 0 Å². The van der Waals surface area contributed by atoms with E-state index in [0.29, 0.717) is 12.4 Å². The van der Waals surface area contributed by atoms with Gasteiger partial charge in [-0.25, -0.2) is 0 Å². The Morgan fingerprint density at radius 3 is 2.54 bits per heavy atom. The topological polar surface area (TPSA) is 51.5 Å². The third-order valence-electron chi connectivity index (χ3n) is 3.80. The molecule has 0 aliphatic heterocycles. The molecule has 1 unspecified atom stereocenters. The van der Waals surface area contributed by atoms with E-state index in [1.165, 1.54) is 11.8 Å². The van der Waals surface area contributed by atoms with Crippen LogP contribution < -0.4 is 10.1 Å². The van der Waals surface area contributed by atoms with Crippen molar-refractivity contribution in [3.05, 3.63) is 84.3 Å². The molecule has 1 N–H and O–H groups in total. The molecule has 134 valence electrons. The Hall–Kier alpha value is -2.66. The smallest absolute Gasteiger partial charge is 0.237 e. The first-order valence-electron chi connectivity index (χ1n) is 8.42. The van der Waals surface area contributed by atoms with Crippen molar-refractivity contribution >= 4 is 23.4 Å². The summed E-state index contributed by atoms with van der Waals surface area (Å²) in [5.74, 6) is 2.29. The highest BCUT2D eigenvalue weighted by Crippen LogP contribution is 2.21. The molecular formula is C21H21NO3S. The Morgan fingerprint density at radius 1 is 1.08 bits per heavy atom. The van der Waals surface area contributed by atoms with E-state index in [1.54, 1.807) is 6.26 Å². The Balaban J connectivity index is 1.46. The van der Waals surface area contributed by atoms with Crippen LogP contribution in [0.4, 0.5) is 5.69 Å². The van der Waals surface area contributed by atoms with Crippen LogP contribution in [0.3, 0.4) is 0 Å². The molecule has 1 amide bonds. The standard InChI is InChI=1S/C21H21NO3S/c1-16(26-15-20-8-5-13-24-20)21(23)22-18-9-11-19(12-10-18)25-14-17-6-3-2-4-7-17/h2-13,16H,14-15H2,1H3,(H,22,23). The Labute approximate surface area is 157 Å². The van der Waals surface area contributed by atoms with Gasteiger partial charge in [-0.3, -0.25) is 4.79 Å². The zero-order chi connectivity index (χ0) is 18.2. The molecule has 0 fully saturated rings. The summed E-state index contributed by atoms with van der Waals surface area (Å²) in [6.45, 7) is 2.41. The Bertz CT molecular complexity index is 801. The first-order chi connectivity index (χ1) is 12.7. The van der Waals surface area contributed by atoms with Crippen molar-refractivity contribution in [2.45, 2.75) is 24.5 Å². The number of anilines is 1. The molecule has 0 saturated heterocycles. The first-order valence-corrected chi connectivity index (χ1v) is 9.47. The number of ether oxygens (including phenoxy) is 1. The van der Waals surface area contributed by atoms with Crippen LogP contribution in [0.1, 0.15) is 18.2 Å². The van der Waals surface area contributed by atoms with Crippen LogP contribution in [0, 0.1) is 0 Å². The number of furan rings is 1. The molecule has 0 aliphatic carbocycles. The monoisotopic (exact) mass is 367 g/mol. The van der Waals surface area contributed by atoms with E-state index >= 15 is 0 Å². The van der Waals surface area contributed by atoms with Crippen molar-refractivity contribution in [1.29, 1.82) is 0 Å². The lowest BCUT2D eigenvalue weighted by molar-refractivity contribution is -0.115. The molecule has 0 bridgehead atoms. The number of benzene rings is 2. The van der Waals surface area contributed by atoms with E-state index in [0.717, 1.165) is 22.8 Å². The largest absolute Gasteiger partial charge is 0.489 e. The Morgan fingerprint density at radius 2 is 1.85 bits per heavy atom. The summed E-state index contributed by atoms with van der Waals surface area (Å²) in [4.78, 5) is 12.3. The Kier molecular flexibility index (Phi) is 6.39. The molecule has 3 aromatic rings. The van der Waals surface area contributed by atoms with Gasteiger partial charge in [0.15, 0.2) is 0 Å². The van der Waals surface area contributed by atoms with Gasteiger partial charge in [0.1, 0.15) is 18.1 Å². The van der Waals surface area contributed by atoms with Gasteiger partial charge in [0, 0.05) is 5.69 Å². The second-order valence-electron chi connectivity index (χ2n) is 5.82. The number of hydrogen-bond acceptors (Lipinski definition) is 4. The number of carbonyl (C=O) groups excluding carboxylic acids is 1. The van der Waals surface area contributed by atoms with Gasteiger partial charge in [-0.2, -0.15) is 0 Å².